The van der Waals surface area contributed by atoms with E-state index in [1.165, 1.54) is 7.11 Å². The zero-order valence-corrected chi connectivity index (χ0v) is 16.2. The number of carboxylic acids is 1. The number of benzene rings is 1. The van der Waals surface area contributed by atoms with Crippen LogP contribution in [-0.4, -0.2) is 36.0 Å². The summed E-state index contributed by atoms with van der Waals surface area (Å²) in [5.41, 5.74) is 3.47. The highest BCUT2D eigenvalue weighted by Gasteiger charge is 2.21. The standard InChI is InChI=1S/C16H14Cl3N3O4/c1-7(9-5-4-8(25-2)6-10(9)26-3)21-22-13-11(17)14(16(23)24)20-15(19)12(13)18/h4-6H,1-3H3,(H,20,22)(H,23,24)/b21-7+. The molecule has 0 unspecified atom stereocenters. The summed E-state index contributed by atoms with van der Waals surface area (Å²) in [6, 6.07) is 5.23. The first-order valence-corrected chi connectivity index (χ1v) is 8.24. The number of halogens is 3. The summed E-state index contributed by atoms with van der Waals surface area (Å²) in [5, 5.41) is 12.9. The van der Waals surface area contributed by atoms with Crippen LogP contribution in [0, 0.1) is 0 Å². The van der Waals surface area contributed by atoms with E-state index in [0.29, 0.717) is 22.8 Å². The molecule has 0 spiro atoms. The number of aromatic carboxylic acids is 1. The molecule has 2 aromatic rings. The number of hydrazone groups is 1. The smallest absolute Gasteiger partial charge is 0.356 e. The molecule has 0 aliphatic rings. The monoisotopic (exact) mass is 417 g/mol. The number of nitrogens with one attached hydrogen (secondary N) is 1. The molecular formula is C16H14Cl3N3O4. The zero-order valence-electron chi connectivity index (χ0n) is 13.9. The second kappa shape index (κ2) is 8.44. The van der Waals surface area contributed by atoms with E-state index in [1.54, 1.807) is 32.2 Å². The van der Waals surface area contributed by atoms with Gasteiger partial charge in [0.1, 0.15) is 21.5 Å². The minimum absolute atomic E-state index is 0.0394. The molecule has 0 saturated heterocycles. The Morgan fingerprint density at radius 1 is 1.19 bits per heavy atom. The third kappa shape index (κ3) is 4.12. The van der Waals surface area contributed by atoms with Crippen LogP contribution in [0.15, 0.2) is 23.3 Å². The Hall–Kier alpha value is -2.22. The normalized spacial score (nSPS) is 11.2. The molecule has 138 valence electrons. The fraction of sp³-hybridized carbons (Fsp3) is 0.188. The highest BCUT2D eigenvalue weighted by atomic mass is 35.5. The first-order valence-electron chi connectivity index (χ1n) is 7.10. The van der Waals surface area contributed by atoms with Crippen LogP contribution in [0.3, 0.4) is 0 Å². The van der Waals surface area contributed by atoms with Crippen molar-refractivity contribution in [1.29, 1.82) is 0 Å². The lowest BCUT2D eigenvalue weighted by molar-refractivity contribution is 0.0691. The first kappa shape index (κ1) is 20.1. The quantitative estimate of drug-likeness (QED) is 0.405. The number of pyridine rings is 1. The van der Waals surface area contributed by atoms with E-state index in [4.69, 9.17) is 49.4 Å². The van der Waals surface area contributed by atoms with E-state index in [0.717, 1.165) is 0 Å². The van der Waals surface area contributed by atoms with Crippen LogP contribution in [0.1, 0.15) is 23.0 Å². The van der Waals surface area contributed by atoms with E-state index < -0.39 is 11.7 Å². The van der Waals surface area contributed by atoms with Gasteiger partial charge in [0.15, 0.2) is 10.8 Å². The molecule has 0 bridgehead atoms. The molecule has 0 atom stereocenters. The minimum Gasteiger partial charge on any atom is -0.497 e. The largest absolute Gasteiger partial charge is 0.497 e. The maximum absolute atomic E-state index is 11.2. The first-order chi connectivity index (χ1) is 12.3. The third-order valence-corrected chi connectivity index (χ3v) is 4.48. The van der Waals surface area contributed by atoms with Crippen molar-refractivity contribution in [2.75, 3.05) is 19.6 Å². The van der Waals surface area contributed by atoms with Crippen LogP contribution in [0.2, 0.25) is 15.2 Å². The van der Waals surface area contributed by atoms with E-state index >= 15 is 0 Å². The molecule has 0 amide bonds. The Bertz CT molecular complexity index is 888. The number of nitrogens with zero attached hydrogens (tertiary/aromatic N) is 2. The number of hydrogen-bond acceptors (Lipinski definition) is 6. The Balaban J connectivity index is 2.43. The summed E-state index contributed by atoms with van der Waals surface area (Å²) in [5.74, 6) is -0.165. The van der Waals surface area contributed by atoms with Gasteiger partial charge in [-0.1, -0.05) is 34.8 Å². The number of anilines is 1. The average Bonchev–Trinajstić information content (AvgIpc) is 2.63. The van der Waals surface area contributed by atoms with Gasteiger partial charge >= 0.3 is 5.97 Å². The summed E-state index contributed by atoms with van der Waals surface area (Å²) < 4.78 is 10.5. The van der Waals surface area contributed by atoms with Gasteiger partial charge in [0, 0.05) is 11.6 Å². The highest BCUT2D eigenvalue weighted by Crippen LogP contribution is 2.37. The van der Waals surface area contributed by atoms with E-state index in [2.05, 4.69) is 15.5 Å². The van der Waals surface area contributed by atoms with Gasteiger partial charge in [-0.3, -0.25) is 5.43 Å². The van der Waals surface area contributed by atoms with Crippen LogP contribution in [0.25, 0.3) is 0 Å². The number of aromatic nitrogens is 1. The van der Waals surface area contributed by atoms with Crippen molar-refractivity contribution < 1.29 is 19.4 Å². The van der Waals surface area contributed by atoms with E-state index in [1.807, 2.05) is 0 Å². The Morgan fingerprint density at radius 2 is 1.88 bits per heavy atom. The van der Waals surface area contributed by atoms with Crippen LogP contribution >= 0.6 is 34.8 Å². The van der Waals surface area contributed by atoms with Crippen molar-refractivity contribution in [1.82, 2.24) is 4.98 Å². The van der Waals surface area contributed by atoms with Crippen molar-refractivity contribution in [2.24, 2.45) is 5.10 Å². The van der Waals surface area contributed by atoms with E-state index in [-0.39, 0.29) is 20.9 Å². The average molecular weight is 419 g/mol. The number of hydrogen-bond donors (Lipinski definition) is 2. The molecule has 1 heterocycles. The lowest BCUT2D eigenvalue weighted by Crippen LogP contribution is -2.07. The summed E-state index contributed by atoms with van der Waals surface area (Å²) in [4.78, 5) is 14.8. The van der Waals surface area contributed by atoms with Gasteiger partial charge in [0.25, 0.3) is 0 Å². The molecule has 1 aromatic heterocycles. The van der Waals surface area contributed by atoms with Crippen molar-refractivity contribution in [3.63, 3.8) is 0 Å². The number of ether oxygens (including phenoxy) is 2. The predicted octanol–water partition coefficient (Wildman–Crippen LogP) is 4.59. The summed E-state index contributed by atoms with van der Waals surface area (Å²) in [6.45, 7) is 1.72. The molecule has 1 aromatic carbocycles. The SMILES string of the molecule is COc1ccc(/C(C)=N/Nc2c(Cl)c(Cl)nc(C(=O)O)c2Cl)c(OC)c1. The van der Waals surface area contributed by atoms with Gasteiger partial charge < -0.3 is 14.6 Å². The molecule has 0 radical (unpaired) electrons. The number of carboxylic acid groups (broad SMARTS) is 1. The topological polar surface area (TPSA) is 93.0 Å². The summed E-state index contributed by atoms with van der Waals surface area (Å²) in [7, 11) is 3.07. The van der Waals surface area contributed by atoms with Gasteiger partial charge in [-0.2, -0.15) is 5.10 Å². The molecule has 7 nitrogen and oxygen atoms in total. The fourth-order valence-electron chi connectivity index (χ4n) is 2.05. The fourth-order valence-corrected chi connectivity index (χ4v) is 2.72. The van der Waals surface area contributed by atoms with Gasteiger partial charge in [0.2, 0.25) is 0 Å². The van der Waals surface area contributed by atoms with Gasteiger partial charge in [0.05, 0.1) is 25.6 Å². The van der Waals surface area contributed by atoms with Crippen molar-refractivity contribution in [3.05, 3.63) is 44.7 Å². The molecule has 0 aliphatic carbocycles. The Morgan fingerprint density at radius 3 is 2.46 bits per heavy atom. The lowest BCUT2D eigenvalue weighted by Gasteiger charge is -2.12. The van der Waals surface area contributed by atoms with Gasteiger partial charge in [-0.25, -0.2) is 9.78 Å². The maximum Gasteiger partial charge on any atom is 0.356 e. The molecule has 0 aliphatic heterocycles. The van der Waals surface area contributed by atoms with Crippen molar-refractivity contribution in [2.45, 2.75) is 6.92 Å². The minimum atomic E-state index is -1.34. The predicted molar refractivity (Wildman–Crippen MR) is 102 cm³/mol. The van der Waals surface area contributed by atoms with Gasteiger partial charge in [-0.05, 0) is 19.1 Å². The molecule has 10 heteroatoms. The second-order valence-corrected chi connectivity index (χ2v) is 6.05. The maximum atomic E-state index is 11.2. The number of carbonyl (C=O) groups is 1. The molecule has 0 fully saturated rings. The number of methoxy groups -OCH3 is 2. The third-order valence-electron chi connectivity index (χ3n) is 3.37. The second-order valence-electron chi connectivity index (χ2n) is 4.93. The highest BCUT2D eigenvalue weighted by molar-refractivity contribution is 6.46. The number of rotatable bonds is 6. The van der Waals surface area contributed by atoms with Crippen LogP contribution in [0.4, 0.5) is 5.69 Å². The van der Waals surface area contributed by atoms with Crippen molar-refractivity contribution in [3.8, 4) is 11.5 Å². The van der Waals surface area contributed by atoms with Crippen LogP contribution in [-0.2, 0) is 0 Å². The summed E-state index contributed by atoms with van der Waals surface area (Å²) in [6.07, 6.45) is 0. The van der Waals surface area contributed by atoms with Crippen LogP contribution < -0.4 is 14.9 Å². The van der Waals surface area contributed by atoms with Gasteiger partial charge in [-0.15, -0.1) is 0 Å². The molecule has 2 N–H and O–H groups in total. The van der Waals surface area contributed by atoms with Crippen molar-refractivity contribution >= 4 is 52.2 Å². The van der Waals surface area contributed by atoms with E-state index in [9.17, 15) is 4.79 Å². The zero-order chi connectivity index (χ0) is 19.4. The molecular weight excluding hydrogens is 405 g/mol. The molecule has 2 rings (SSSR count). The molecule has 26 heavy (non-hydrogen) atoms. The molecule has 0 saturated carbocycles. The summed E-state index contributed by atoms with van der Waals surface area (Å²) >= 11 is 18.0. The lowest BCUT2D eigenvalue weighted by atomic mass is 10.1. The Kier molecular flexibility index (Phi) is 6.52. The Labute approximate surface area is 164 Å². The van der Waals surface area contributed by atoms with Crippen LogP contribution in [0.5, 0.6) is 11.5 Å².